The highest BCUT2D eigenvalue weighted by Crippen LogP contribution is 2.54. The van der Waals surface area contributed by atoms with Gasteiger partial charge in [0.15, 0.2) is 11.6 Å². The summed E-state index contributed by atoms with van der Waals surface area (Å²) < 4.78 is 0.849. The number of rotatable bonds is 1. The molecule has 6 heteroatoms. The van der Waals surface area contributed by atoms with E-state index >= 15 is 0 Å². The first-order valence-electron chi connectivity index (χ1n) is 11.9. The van der Waals surface area contributed by atoms with Gasteiger partial charge >= 0.3 is 0 Å². The van der Waals surface area contributed by atoms with E-state index in [1.807, 2.05) is 60.7 Å². The van der Waals surface area contributed by atoms with Gasteiger partial charge < -0.3 is 10.2 Å². The maximum Gasteiger partial charge on any atom is 0.246 e. The molecule has 1 atom stereocenters. The number of benzene rings is 4. The third-order valence-electron chi connectivity index (χ3n) is 7.61. The maximum absolute atomic E-state index is 14.2. The van der Waals surface area contributed by atoms with Crippen LogP contribution in [0.3, 0.4) is 0 Å². The summed E-state index contributed by atoms with van der Waals surface area (Å²) in [6.07, 6.45) is 1.96. The fraction of sp³-hybridized carbons (Fsp3) is 0.0645. The molecule has 0 radical (unpaired) electrons. The maximum atomic E-state index is 14.2. The van der Waals surface area contributed by atoms with E-state index < -0.39 is 5.41 Å². The van der Waals surface area contributed by atoms with E-state index in [1.54, 1.807) is 42.3 Å². The van der Waals surface area contributed by atoms with Crippen LogP contribution >= 0.6 is 15.9 Å². The molecule has 1 amide bonds. The van der Waals surface area contributed by atoms with Crippen LogP contribution in [-0.2, 0) is 10.2 Å². The topological polar surface area (TPSA) is 66.5 Å². The van der Waals surface area contributed by atoms with Crippen LogP contribution in [0.25, 0.3) is 5.70 Å². The lowest BCUT2D eigenvalue weighted by Gasteiger charge is -2.36. The molecule has 4 aromatic carbocycles. The van der Waals surface area contributed by atoms with E-state index in [2.05, 4.69) is 21.2 Å². The number of halogens is 1. The predicted octanol–water partition coefficient (Wildman–Crippen LogP) is 5.95. The van der Waals surface area contributed by atoms with Crippen molar-refractivity contribution >= 4 is 50.5 Å². The molecule has 1 spiro atoms. The summed E-state index contributed by atoms with van der Waals surface area (Å²) in [6.45, 7) is 0. The number of anilines is 2. The summed E-state index contributed by atoms with van der Waals surface area (Å²) >= 11 is 3.59. The zero-order valence-electron chi connectivity index (χ0n) is 19.7. The summed E-state index contributed by atoms with van der Waals surface area (Å²) in [6, 6.07) is 25.9. The number of hydrogen-bond acceptors (Lipinski definition) is 4. The zero-order valence-corrected chi connectivity index (χ0v) is 21.3. The molecular formula is C31H19BrN2O3. The van der Waals surface area contributed by atoms with Crippen LogP contribution in [0.2, 0.25) is 0 Å². The standard InChI is InChI=1S/C31H19BrN2O3/c1-34-25-14-11-18(32)15-23(25)31(30(34)37)16-24(17-7-3-2-4-8-17)33-27-22(31)13-12-21-26(27)29(36)20-10-6-5-9-19(20)28(21)35/h2-16,33H,1H3/t31-/m1/s1. The molecule has 0 bridgehead atoms. The number of carbonyl (C=O) groups is 3. The zero-order chi connectivity index (χ0) is 25.5. The Morgan fingerprint density at radius 3 is 2.22 bits per heavy atom. The minimum atomic E-state index is -1.17. The molecule has 2 aliphatic heterocycles. The van der Waals surface area contributed by atoms with Crippen LogP contribution in [0.15, 0.2) is 95.5 Å². The van der Waals surface area contributed by atoms with Gasteiger partial charge in [0.05, 0.1) is 11.3 Å². The molecule has 0 saturated carbocycles. The third-order valence-corrected chi connectivity index (χ3v) is 8.10. The Balaban J connectivity index is 1.58. The van der Waals surface area contributed by atoms with Gasteiger partial charge in [0, 0.05) is 50.7 Å². The van der Waals surface area contributed by atoms with Crippen molar-refractivity contribution in [2.75, 3.05) is 17.3 Å². The van der Waals surface area contributed by atoms with Gasteiger partial charge in [-0.15, -0.1) is 0 Å². The van der Waals surface area contributed by atoms with E-state index in [-0.39, 0.29) is 17.5 Å². The smallest absolute Gasteiger partial charge is 0.246 e. The van der Waals surface area contributed by atoms with Gasteiger partial charge in [-0.3, -0.25) is 14.4 Å². The first-order chi connectivity index (χ1) is 17.9. The van der Waals surface area contributed by atoms with Crippen LogP contribution in [0.5, 0.6) is 0 Å². The number of ketones is 2. The lowest BCUT2D eigenvalue weighted by Crippen LogP contribution is -2.41. The summed E-state index contributed by atoms with van der Waals surface area (Å²) in [5.74, 6) is -0.545. The van der Waals surface area contributed by atoms with Gasteiger partial charge in [0.1, 0.15) is 5.41 Å². The Hall–Kier alpha value is -4.29. The van der Waals surface area contributed by atoms with Crippen molar-refractivity contribution in [3.63, 3.8) is 0 Å². The summed E-state index contributed by atoms with van der Waals surface area (Å²) in [5.41, 5.74) is 4.60. The van der Waals surface area contributed by atoms with Crippen molar-refractivity contribution in [2.45, 2.75) is 5.41 Å². The Morgan fingerprint density at radius 1 is 0.757 bits per heavy atom. The minimum Gasteiger partial charge on any atom is -0.354 e. The van der Waals surface area contributed by atoms with E-state index in [4.69, 9.17) is 0 Å². The molecule has 0 fully saturated rings. The van der Waals surface area contributed by atoms with Gasteiger partial charge in [-0.05, 0) is 35.9 Å². The van der Waals surface area contributed by atoms with Gasteiger partial charge in [0.2, 0.25) is 5.91 Å². The molecule has 0 saturated heterocycles. The third kappa shape index (κ3) is 2.82. The van der Waals surface area contributed by atoms with Crippen LogP contribution in [0.4, 0.5) is 11.4 Å². The Morgan fingerprint density at radius 2 is 1.46 bits per heavy atom. The van der Waals surface area contributed by atoms with Crippen molar-refractivity contribution in [3.05, 3.63) is 134 Å². The van der Waals surface area contributed by atoms with Crippen molar-refractivity contribution < 1.29 is 14.4 Å². The Labute approximate surface area is 221 Å². The quantitative estimate of drug-likeness (QED) is 0.282. The second-order valence-corrected chi connectivity index (χ2v) is 10.4. The first-order valence-corrected chi connectivity index (χ1v) is 12.7. The van der Waals surface area contributed by atoms with Gasteiger partial charge in [-0.2, -0.15) is 0 Å². The van der Waals surface area contributed by atoms with Gasteiger partial charge in [-0.25, -0.2) is 0 Å². The summed E-state index contributed by atoms with van der Waals surface area (Å²) in [4.78, 5) is 43.2. The monoisotopic (exact) mass is 546 g/mol. The molecule has 0 aromatic heterocycles. The average Bonchev–Trinajstić information content (AvgIpc) is 3.13. The summed E-state index contributed by atoms with van der Waals surface area (Å²) in [7, 11) is 1.77. The molecule has 5 nitrogen and oxygen atoms in total. The van der Waals surface area contributed by atoms with Gasteiger partial charge in [0.25, 0.3) is 0 Å². The van der Waals surface area contributed by atoms with Crippen LogP contribution in [0.1, 0.15) is 48.5 Å². The molecule has 178 valence electrons. The molecular weight excluding hydrogens is 528 g/mol. The number of nitrogens with one attached hydrogen (secondary N) is 1. The van der Waals surface area contributed by atoms with Crippen molar-refractivity contribution in [3.8, 4) is 0 Å². The lowest BCUT2D eigenvalue weighted by atomic mass is 9.69. The molecule has 0 unspecified atom stereocenters. The number of hydrogen-bond donors (Lipinski definition) is 1. The number of fused-ring (bicyclic) bond motifs is 7. The fourth-order valence-corrected chi connectivity index (χ4v) is 6.25. The van der Waals surface area contributed by atoms with Crippen molar-refractivity contribution in [2.24, 2.45) is 0 Å². The minimum absolute atomic E-state index is 0.119. The molecule has 3 aliphatic rings. The highest BCUT2D eigenvalue weighted by Gasteiger charge is 2.53. The van der Waals surface area contributed by atoms with E-state index in [0.717, 1.165) is 21.3 Å². The number of amides is 1. The molecule has 2 heterocycles. The Bertz CT molecular complexity index is 1740. The second kappa shape index (κ2) is 7.60. The van der Waals surface area contributed by atoms with Crippen LogP contribution in [0, 0.1) is 0 Å². The molecule has 1 aliphatic carbocycles. The second-order valence-electron chi connectivity index (χ2n) is 9.50. The normalized spacial score (nSPS) is 19.1. The first kappa shape index (κ1) is 21.9. The molecule has 7 rings (SSSR count). The highest BCUT2D eigenvalue weighted by molar-refractivity contribution is 9.10. The Kier molecular flexibility index (Phi) is 4.51. The van der Waals surface area contributed by atoms with Gasteiger partial charge in [-0.1, -0.05) is 76.6 Å². The largest absolute Gasteiger partial charge is 0.354 e. The predicted molar refractivity (Wildman–Crippen MR) is 146 cm³/mol. The fourth-order valence-electron chi connectivity index (χ4n) is 5.89. The lowest BCUT2D eigenvalue weighted by molar-refractivity contribution is -0.120. The van der Waals surface area contributed by atoms with E-state index in [9.17, 15) is 14.4 Å². The van der Waals surface area contributed by atoms with E-state index in [1.165, 1.54) is 0 Å². The van der Waals surface area contributed by atoms with Crippen molar-refractivity contribution in [1.82, 2.24) is 0 Å². The molecule has 37 heavy (non-hydrogen) atoms. The molecule has 1 N–H and O–H groups in total. The van der Waals surface area contributed by atoms with Crippen LogP contribution in [-0.4, -0.2) is 24.5 Å². The van der Waals surface area contributed by atoms with Crippen LogP contribution < -0.4 is 10.2 Å². The highest BCUT2D eigenvalue weighted by atomic mass is 79.9. The summed E-state index contributed by atoms with van der Waals surface area (Å²) in [5, 5.41) is 3.46. The number of carbonyl (C=O) groups excluding carboxylic acids is 3. The number of nitrogens with zero attached hydrogens (tertiary/aromatic N) is 1. The SMILES string of the molecule is CN1C(=O)[C@@]2(C=C(c3ccccc3)Nc3c2ccc2c3C(=O)c3ccccc3C2=O)c2cc(Br)ccc21. The average molecular weight is 547 g/mol. The number of likely N-dealkylation sites (N-methyl/N-ethyl adjacent to an activating group) is 1. The molecule has 4 aromatic rings. The van der Waals surface area contributed by atoms with E-state index in [0.29, 0.717) is 39.2 Å². The van der Waals surface area contributed by atoms with Crippen molar-refractivity contribution in [1.29, 1.82) is 0 Å².